The van der Waals surface area contributed by atoms with Crippen LogP contribution in [0.5, 0.6) is 0 Å². The molecular formula is C39H24N6. The van der Waals surface area contributed by atoms with Gasteiger partial charge in [0, 0.05) is 38.7 Å². The molecule has 0 fully saturated rings. The minimum Gasteiger partial charge on any atom is -0.294 e. The van der Waals surface area contributed by atoms with Gasteiger partial charge in [0.2, 0.25) is 0 Å². The molecule has 8 rings (SSSR count). The first-order chi connectivity index (χ1) is 22.2. The van der Waals surface area contributed by atoms with E-state index in [2.05, 4.69) is 65.2 Å². The molecule has 3 heterocycles. The lowest BCUT2D eigenvalue weighted by atomic mass is 10.1. The fourth-order valence-electron chi connectivity index (χ4n) is 5.67. The fourth-order valence-corrected chi connectivity index (χ4v) is 5.67. The van der Waals surface area contributed by atoms with Crippen LogP contribution in [0.3, 0.4) is 0 Å². The van der Waals surface area contributed by atoms with Crippen LogP contribution < -0.4 is 0 Å². The molecule has 0 unspecified atom stereocenters. The van der Waals surface area contributed by atoms with E-state index in [4.69, 9.17) is 19.9 Å². The predicted molar refractivity (Wildman–Crippen MR) is 178 cm³/mol. The number of nitrogens with zero attached hydrogens (tertiary/aromatic N) is 6. The molecule has 0 aliphatic rings. The maximum Gasteiger partial charge on any atom is 0.164 e. The van der Waals surface area contributed by atoms with Gasteiger partial charge in [-0.15, -0.1) is 0 Å². The largest absolute Gasteiger partial charge is 0.294 e. The van der Waals surface area contributed by atoms with Gasteiger partial charge in [-0.3, -0.25) is 4.57 Å². The first-order valence-corrected chi connectivity index (χ1v) is 14.6. The number of pyridine rings is 1. The number of fused-ring (bicyclic) bond motifs is 3. The molecule has 0 saturated heterocycles. The molecule has 210 valence electrons. The lowest BCUT2D eigenvalue weighted by Gasteiger charge is -2.11. The van der Waals surface area contributed by atoms with Crippen molar-refractivity contribution >= 4 is 21.9 Å². The number of para-hydroxylation sites is 1. The van der Waals surface area contributed by atoms with Crippen molar-refractivity contribution in [3.8, 4) is 57.2 Å². The summed E-state index contributed by atoms with van der Waals surface area (Å²) in [6.45, 7) is 0. The van der Waals surface area contributed by atoms with Gasteiger partial charge in [-0.1, -0.05) is 91.0 Å². The zero-order valence-electron chi connectivity index (χ0n) is 24.0. The molecule has 0 N–H and O–H groups in total. The van der Waals surface area contributed by atoms with Crippen LogP contribution in [0, 0.1) is 11.3 Å². The Morgan fingerprint density at radius 2 is 0.978 bits per heavy atom. The van der Waals surface area contributed by atoms with Crippen molar-refractivity contribution < 1.29 is 0 Å². The third-order valence-corrected chi connectivity index (χ3v) is 7.91. The Morgan fingerprint density at radius 1 is 0.444 bits per heavy atom. The van der Waals surface area contributed by atoms with Crippen LogP contribution in [-0.2, 0) is 0 Å². The second kappa shape index (κ2) is 11.0. The van der Waals surface area contributed by atoms with Crippen LogP contribution in [-0.4, -0.2) is 24.5 Å². The monoisotopic (exact) mass is 576 g/mol. The van der Waals surface area contributed by atoms with Crippen LogP contribution in [0.4, 0.5) is 0 Å². The number of benzene rings is 5. The Morgan fingerprint density at radius 3 is 1.58 bits per heavy atom. The fraction of sp³-hybridized carbons (Fsp3) is 0. The van der Waals surface area contributed by atoms with E-state index in [0.717, 1.165) is 55.6 Å². The quantitative estimate of drug-likeness (QED) is 0.204. The molecule has 0 aliphatic heterocycles. The molecule has 0 radical (unpaired) electrons. The molecule has 0 spiro atoms. The summed E-state index contributed by atoms with van der Waals surface area (Å²) >= 11 is 0. The van der Waals surface area contributed by atoms with Gasteiger partial charge in [0.25, 0.3) is 0 Å². The van der Waals surface area contributed by atoms with Gasteiger partial charge in [0.05, 0.1) is 22.8 Å². The Hall–Kier alpha value is -6.45. The van der Waals surface area contributed by atoms with Gasteiger partial charge in [-0.2, -0.15) is 5.26 Å². The summed E-state index contributed by atoms with van der Waals surface area (Å²) in [6, 6.07) is 50.5. The van der Waals surface area contributed by atoms with Crippen molar-refractivity contribution in [3.05, 3.63) is 151 Å². The summed E-state index contributed by atoms with van der Waals surface area (Å²) in [4.78, 5) is 19.7. The average molecular weight is 577 g/mol. The van der Waals surface area contributed by atoms with Crippen LogP contribution in [0.25, 0.3) is 73.0 Å². The third kappa shape index (κ3) is 4.79. The van der Waals surface area contributed by atoms with Gasteiger partial charge in [-0.25, -0.2) is 19.9 Å². The summed E-state index contributed by atoms with van der Waals surface area (Å²) in [5.74, 6) is 1.87. The molecule has 6 nitrogen and oxygen atoms in total. The molecule has 0 atom stereocenters. The normalized spacial score (nSPS) is 11.1. The van der Waals surface area contributed by atoms with Crippen molar-refractivity contribution in [3.63, 3.8) is 0 Å². The zero-order valence-corrected chi connectivity index (χ0v) is 24.0. The number of hydrogen-bond donors (Lipinski definition) is 0. The number of aromatic nitrogens is 5. The van der Waals surface area contributed by atoms with Gasteiger partial charge in [0.15, 0.2) is 17.5 Å². The summed E-state index contributed by atoms with van der Waals surface area (Å²) < 4.78 is 2.19. The Kier molecular flexibility index (Phi) is 6.40. The second-order valence-electron chi connectivity index (χ2n) is 10.7. The topological polar surface area (TPSA) is 80.3 Å². The minimum absolute atomic E-state index is 0.609. The molecule has 45 heavy (non-hydrogen) atoms. The number of nitriles is 1. The highest BCUT2D eigenvalue weighted by molar-refractivity contribution is 6.08. The Labute approximate surface area is 259 Å². The van der Waals surface area contributed by atoms with Gasteiger partial charge in [-0.05, 0) is 54.6 Å². The van der Waals surface area contributed by atoms with Crippen molar-refractivity contribution in [1.29, 1.82) is 5.26 Å². The molecular weight excluding hydrogens is 552 g/mol. The van der Waals surface area contributed by atoms with E-state index >= 15 is 0 Å². The van der Waals surface area contributed by atoms with Gasteiger partial charge < -0.3 is 0 Å². The average Bonchev–Trinajstić information content (AvgIpc) is 3.46. The summed E-state index contributed by atoms with van der Waals surface area (Å²) in [5, 5.41) is 11.4. The Bertz CT molecular complexity index is 2300. The van der Waals surface area contributed by atoms with E-state index in [0.29, 0.717) is 23.0 Å². The van der Waals surface area contributed by atoms with Crippen LogP contribution in [0.2, 0.25) is 0 Å². The first kappa shape index (κ1) is 26.2. The standard InChI is InChI=1S/C39H24N6/c40-25-26-15-17-27(18-16-26)34-24-23-33-32-13-7-8-14-35(32)45(39(33)41-34)31-21-19-30(20-22-31)38-43-36(28-9-3-1-4-10-28)42-37(44-38)29-11-5-2-6-12-29/h1-24H. The highest BCUT2D eigenvalue weighted by atomic mass is 15.1. The van der Waals surface area contributed by atoms with E-state index in [1.165, 1.54) is 0 Å². The molecule has 0 bridgehead atoms. The van der Waals surface area contributed by atoms with E-state index < -0.39 is 0 Å². The maximum atomic E-state index is 9.23. The SMILES string of the molecule is N#Cc1ccc(-c2ccc3c4ccccc4n(-c4ccc(-c5nc(-c6ccccc6)nc(-c6ccccc6)n5)cc4)c3n2)cc1. The van der Waals surface area contributed by atoms with Crippen LogP contribution >= 0.6 is 0 Å². The Balaban J connectivity index is 1.25. The van der Waals surface area contributed by atoms with E-state index in [9.17, 15) is 5.26 Å². The molecule has 8 aromatic rings. The molecule has 5 aromatic carbocycles. The summed E-state index contributed by atoms with van der Waals surface area (Å²) in [7, 11) is 0. The summed E-state index contributed by atoms with van der Waals surface area (Å²) in [6.07, 6.45) is 0. The molecule has 6 heteroatoms. The predicted octanol–water partition coefficient (Wildman–Crippen LogP) is 8.90. The maximum absolute atomic E-state index is 9.23. The van der Waals surface area contributed by atoms with E-state index in [1.807, 2.05) is 91.0 Å². The van der Waals surface area contributed by atoms with Crippen molar-refractivity contribution in [2.75, 3.05) is 0 Å². The van der Waals surface area contributed by atoms with Crippen molar-refractivity contribution in [2.24, 2.45) is 0 Å². The number of hydrogen-bond acceptors (Lipinski definition) is 5. The van der Waals surface area contributed by atoms with Crippen molar-refractivity contribution in [1.82, 2.24) is 24.5 Å². The summed E-state index contributed by atoms with van der Waals surface area (Å²) in [5.41, 5.74) is 8.11. The lowest BCUT2D eigenvalue weighted by Crippen LogP contribution is -2.00. The minimum atomic E-state index is 0.609. The molecule has 0 aliphatic carbocycles. The highest BCUT2D eigenvalue weighted by Gasteiger charge is 2.16. The molecule has 0 saturated carbocycles. The number of rotatable bonds is 5. The van der Waals surface area contributed by atoms with Gasteiger partial charge in [0.1, 0.15) is 5.65 Å². The van der Waals surface area contributed by atoms with E-state index in [-0.39, 0.29) is 0 Å². The van der Waals surface area contributed by atoms with Crippen LogP contribution in [0.1, 0.15) is 5.56 Å². The third-order valence-electron chi connectivity index (χ3n) is 7.91. The smallest absolute Gasteiger partial charge is 0.164 e. The van der Waals surface area contributed by atoms with E-state index in [1.54, 1.807) is 0 Å². The molecule has 0 amide bonds. The zero-order chi connectivity index (χ0) is 30.2. The molecule has 3 aromatic heterocycles. The lowest BCUT2D eigenvalue weighted by molar-refractivity contribution is 1.07. The highest BCUT2D eigenvalue weighted by Crippen LogP contribution is 2.33. The second-order valence-corrected chi connectivity index (χ2v) is 10.7. The van der Waals surface area contributed by atoms with Gasteiger partial charge >= 0.3 is 0 Å². The first-order valence-electron chi connectivity index (χ1n) is 14.6. The van der Waals surface area contributed by atoms with Crippen LogP contribution in [0.15, 0.2) is 146 Å². The van der Waals surface area contributed by atoms with Crippen molar-refractivity contribution in [2.45, 2.75) is 0 Å².